The lowest BCUT2D eigenvalue weighted by atomic mass is 9.97. The lowest BCUT2D eigenvalue weighted by Crippen LogP contribution is -2.16. The number of benzene rings is 1. The molecule has 0 bridgehead atoms. The van der Waals surface area contributed by atoms with Gasteiger partial charge in [0.15, 0.2) is 5.82 Å². The maximum Gasteiger partial charge on any atom is 0.201 e. The molecule has 1 aromatic heterocycles. The molecule has 0 radical (unpaired) electrons. The summed E-state index contributed by atoms with van der Waals surface area (Å²) in [6.07, 6.45) is 2.07. The normalized spacial score (nSPS) is 27.3. The van der Waals surface area contributed by atoms with E-state index in [4.69, 9.17) is 5.73 Å². The first-order chi connectivity index (χ1) is 8.99. The highest BCUT2D eigenvalue weighted by Gasteiger charge is 2.33. The largest absolute Gasteiger partial charge is 0.369 e. The predicted molar refractivity (Wildman–Crippen MR) is 70.7 cm³/mol. The number of nitrogens with two attached hydrogens (primary N) is 1. The second kappa shape index (κ2) is 4.18. The van der Waals surface area contributed by atoms with Crippen LogP contribution in [0.5, 0.6) is 0 Å². The third-order valence-electron chi connectivity index (χ3n) is 4.49. The Kier molecular flexibility index (Phi) is 2.73. The summed E-state index contributed by atoms with van der Waals surface area (Å²) in [7, 11) is 0. The molecule has 2 N–H and O–H groups in total. The van der Waals surface area contributed by atoms with E-state index in [2.05, 4.69) is 18.8 Å². The maximum absolute atomic E-state index is 13.7. The van der Waals surface area contributed by atoms with Gasteiger partial charge in [-0.15, -0.1) is 0 Å². The molecule has 5 heteroatoms. The first-order valence-electron chi connectivity index (χ1n) is 6.61. The van der Waals surface area contributed by atoms with E-state index >= 15 is 0 Å². The van der Waals surface area contributed by atoms with E-state index in [0.717, 1.165) is 18.9 Å². The highest BCUT2D eigenvalue weighted by Crippen LogP contribution is 2.42. The predicted octanol–water partition coefficient (Wildman–Crippen LogP) is 3.50. The average Bonchev–Trinajstić information content (AvgIpc) is 2.82. The van der Waals surface area contributed by atoms with Gasteiger partial charge in [0.1, 0.15) is 11.3 Å². The number of halogens is 2. The van der Waals surface area contributed by atoms with Crippen LogP contribution in [0.2, 0.25) is 0 Å². The van der Waals surface area contributed by atoms with Crippen molar-refractivity contribution in [2.24, 2.45) is 11.8 Å². The smallest absolute Gasteiger partial charge is 0.201 e. The number of fused-ring (bicyclic) bond motifs is 1. The quantitative estimate of drug-likeness (QED) is 0.857. The van der Waals surface area contributed by atoms with E-state index in [1.807, 2.05) is 0 Å². The van der Waals surface area contributed by atoms with Crippen LogP contribution in [0.15, 0.2) is 12.1 Å². The minimum atomic E-state index is -0.654. The van der Waals surface area contributed by atoms with Crippen LogP contribution >= 0.6 is 0 Å². The second-order valence-electron chi connectivity index (χ2n) is 5.58. The Labute approximate surface area is 110 Å². The van der Waals surface area contributed by atoms with Crippen molar-refractivity contribution >= 4 is 17.0 Å². The van der Waals surface area contributed by atoms with Crippen LogP contribution in [-0.2, 0) is 0 Å². The van der Waals surface area contributed by atoms with E-state index in [1.165, 1.54) is 6.07 Å². The fourth-order valence-electron chi connectivity index (χ4n) is 3.19. The molecule has 3 rings (SSSR count). The molecule has 0 aliphatic heterocycles. The van der Waals surface area contributed by atoms with Crippen molar-refractivity contribution < 1.29 is 8.78 Å². The summed E-state index contributed by atoms with van der Waals surface area (Å²) in [5.41, 5.74) is 6.54. The Morgan fingerprint density at radius 2 is 2.00 bits per heavy atom. The molecule has 1 aliphatic carbocycles. The van der Waals surface area contributed by atoms with Crippen molar-refractivity contribution in [3.05, 3.63) is 23.8 Å². The summed E-state index contributed by atoms with van der Waals surface area (Å²) in [6, 6.07) is 2.33. The molecule has 1 fully saturated rings. The summed E-state index contributed by atoms with van der Waals surface area (Å²) in [5.74, 6) is 0.0285. The number of rotatable bonds is 1. The lowest BCUT2D eigenvalue weighted by molar-refractivity contribution is 0.361. The number of aromatic nitrogens is 2. The van der Waals surface area contributed by atoms with E-state index in [0.29, 0.717) is 17.4 Å². The van der Waals surface area contributed by atoms with Crippen molar-refractivity contribution in [1.82, 2.24) is 9.55 Å². The van der Waals surface area contributed by atoms with Gasteiger partial charge >= 0.3 is 0 Å². The number of hydrogen-bond donors (Lipinski definition) is 1. The zero-order chi connectivity index (χ0) is 13.7. The minimum Gasteiger partial charge on any atom is -0.369 e. The third kappa shape index (κ3) is 1.79. The van der Waals surface area contributed by atoms with E-state index in [-0.39, 0.29) is 17.5 Å². The van der Waals surface area contributed by atoms with Crippen LogP contribution in [0.4, 0.5) is 14.7 Å². The fraction of sp³-hybridized carbons (Fsp3) is 0.500. The number of nitrogen functional groups attached to an aromatic ring is 1. The molecule has 1 heterocycles. The van der Waals surface area contributed by atoms with Crippen LogP contribution in [0.1, 0.15) is 32.7 Å². The summed E-state index contributed by atoms with van der Waals surface area (Å²) in [6.45, 7) is 4.35. The topological polar surface area (TPSA) is 43.8 Å². The Morgan fingerprint density at radius 1 is 1.26 bits per heavy atom. The summed E-state index contributed by atoms with van der Waals surface area (Å²) >= 11 is 0. The molecule has 2 aromatic rings. The van der Waals surface area contributed by atoms with Crippen molar-refractivity contribution in [2.45, 2.75) is 32.7 Å². The molecule has 102 valence electrons. The lowest BCUT2D eigenvalue weighted by Gasteiger charge is -2.21. The summed E-state index contributed by atoms with van der Waals surface area (Å²) < 4.78 is 29.0. The standard InChI is InChI=1S/C14H17F2N3/c1-7-3-4-11(8(7)2)19-12-6-9(15)5-10(16)13(12)18-14(19)17/h5-8,11H,3-4H2,1-2H3,(H2,17,18). The first kappa shape index (κ1) is 12.4. The van der Waals surface area contributed by atoms with Gasteiger partial charge in [-0.2, -0.15) is 0 Å². The van der Waals surface area contributed by atoms with Gasteiger partial charge in [-0.05, 0) is 24.7 Å². The van der Waals surface area contributed by atoms with Crippen LogP contribution in [0, 0.1) is 23.5 Å². The second-order valence-corrected chi connectivity index (χ2v) is 5.58. The third-order valence-corrected chi connectivity index (χ3v) is 4.49. The van der Waals surface area contributed by atoms with Gasteiger partial charge in [-0.25, -0.2) is 13.8 Å². The molecule has 1 aliphatic rings. The molecule has 0 saturated heterocycles. The van der Waals surface area contributed by atoms with Crippen molar-refractivity contribution in [2.75, 3.05) is 5.73 Å². The van der Waals surface area contributed by atoms with Gasteiger partial charge in [-0.3, -0.25) is 0 Å². The maximum atomic E-state index is 13.7. The molecular formula is C14H17F2N3. The van der Waals surface area contributed by atoms with Crippen molar-refractivity contribution in [1.29, 1.82) is 0 Å². The van der Waals surface area contributed by atoms with Crippen molar-refractivity contribution in [3.8, 4) is 0 Å². The van der Waals surface area contributed by atoms with Crippen molar-refractivity contribution in [3.63, 3.8) is 0 Å². The SMILES string of the molecule is CC1CCC(n2c(N)nc3c(F)cc(F)cc32)C1C. The van der Waals surface area contributed by atoms with Gasteiger partial charge in [-0.1, -0.05) is 13.8 Å². The Balaban J connectivity index is 2.21. The van der Waals surface area contributed by atoms with E-state index in [1.54, 1.807) is 4.57 Å². The van der Waals surface area contributed by atoms with Gasteiger partial charge in [0.2, 0.25) is 5.95 Å². The molecule has 19 heavy (non-hydrogen) atoms. The zero-order valence-electron chi connectivity index (χ0n) is 11.0. The van der Waals surface area contributed by atoms with Crippen LogP contribution in [0.25, 0.3) is 11.0 Å². The molecule has 3 unspecified atom stereocenters. The number of anilines is 1. The molecule has 0 spiro atoms. The molecular weight excluding hydrogens is 248 g/mol. The molecule has 3 atom stereocenters. The Hall–Kier alpha value is -1.65. The minimum absolute atomic E-state index is 0.158. The first-order valence-corrected chi connectivity index (χ1v) is 6.61. The number of nitrogens with zero attached hydrogens (tertiary/aromatic N) is 2. The van der Waals surface area contributed by atoms with Crippen LogP contribution < -0.4 is 5.73 Å². The average molecular weight is 265 g/mol. The molecule has 3 nitrogen and oxygen atoms in total. The summed E-state index contributed by atoms with van der Waals surface area (Å²) in [5, 5.41) is 0. The Morgan fingerprint density at radius 3 is 2.63 bits per heavy atom. The highest BCUT2D eigenvalue weighted by molar-refractivity contribution is 5.79. The number of hydrogen-bond acceptors (Lipinski definition) is 2. The monoisotopic (exact) mass is 265 g/mol. The van der Waals surface area contributed by atoms with Crippen LogP contribution in [-0.4, -0.2) is 9.55 Å². The zero-order valence-corrected chi connectivity index (χ0v) is 11.0. The summed E-state index contributed by atoms with van der Waals surface area (Å²) in [4.78, 5) is 4.06. The van der Waals surface area contributed by atoms with Gasteiger partial charge < -0.3 is 10.3 Å². The Bertz CT molecular complexity index is 635. The highest BCUT2D eigenvalue weighted by atomic mass is 19.1. The van der Waals surface area contributed by atoms with Gasteiger partial charge in [0.25, 0.3) is 0 Å². The molecule has 1 saturated carbocycles. The molecule has 1 aromatic carbocycles. The van der Waals surface area contributed by atoms with Crippen LogP contribution in [0.3, 0.4) is 0 Å². The number of imidazole rings is 1. The van der Waals surface area contributed by atoms with Gasteiger partial charge in [0.05, 0.1) is 5.52 Å². The van der Waals surface area contributed by atoms with E-state index < -0.39 is 11.6 Å². The fourth-order valence-corrected chi connectivity index (χ4v) is 3.19. The molecule has 0 amide bonds. The van der Waals surface area contributed by atoms with E-state index in [9.17, 15) is 8.78 Å². The van der Waals surface area contributed by atoms with Gasteiger partial charge in [0, 0.05) is 18.2 Å².